The fraction of sp³-hybridized carbons (Fsp3) is 0.235. The normalized spacial score (nSPS) is 10.3. The fourth-order valence-corrected chi connectivity index (χ4v) is 2.55. The first-order valence-corrected chi connectivity index (χ1v) is 7.80. The second-order valence-electron chi connectivity index (χ2n) is 4.78. The second kappa shape index (κ2) is 8.06. The van der Waals surface area contributed by atoms with Crippen molar-refractivity contribution in [3.8, 4) is 5.75 Å². The molecule has 0 heterocycles. The van der Waals surface area contributed by atoms with Gasteiger partial charge in [-0.25, -0.2) is 0 Å². The van der Waals surface area contributed by atoms with Gasteiger partial charge in [-0.15, -0.1) is 0 Å². The Kier molecular flexibility index (Phi) is 6.10. The highest BCUT2D eigenvalue weighted by Crippen LogP contribution is 2.22. The van der Waals surface area contributed by atoms with Gasteiger partial charge in [0.1, 0.15) is 5.75 Å². The van der Waals surface area contributed by atoms with Gasteiger partial charge in [0.15, 0.2) is 0 Å². The molecule has 1 amide bonds. The van der Waals surface area contributed by atoms with E-state index in [-0.39, 0.29) is 5.91 Å². The molecule has 0 radical (unpaired) electrons. The SMILES string of the molecule is CCOc1ccc(CCC(=O)Nc2cc(Cl)cc(Cl)c2)cc1. The summed E-state index contributed by atoms with van der Waals surface area (Å²) in [6, 6.07) is 12.7. The van der Waals surface area contributed by atoms with Crippen LogP contribution in [-0.2, 0) is 11.2 Å². The van der Waals surface area contributed by atoms with Crippen molar-refractivity contribution < 1.29 is 9.53 Å². The first kappa shape index (κ1) is 16.7. The lowest BCUT2D eigenvalue weighted by atomic mass is 10.1. The minimum Gasteiger partial charge on any atom is -0.494 e. The Labute approximate surface area is 140 Å². The van der Waals surface area contributed by atoms with Gasteiger partial charge in [0.25, 0.3) is 0 Å². The number of amides is 1. The Hall–Kier alpha value is -1.71. The summed E-state index contributed by atoms with van der Waals surface area (Å²) in [5.74, 6) is 0.761. The molecule has 0 spiro atoms. The molecule has 0 bridgehead atoms. The molecule has 2 aromatic carbocycles. The number of hydrogen-bond acceptors (Lipinski definition) is 2. The molecule has 2 rings (SSSR count). The van der Waals surface area contributed by atoms with E-state index < -0.39 is 0 Å². The Morgan fingerprint density at radius 2 is 1.73 bits per heavy atom. The van der Waals surface area contributed by atoms with Crippen LogP contribution < -0.4 is 10.1 Å². The van der Waals surface area contributed by atoms with E-state index in [1.54, 1.807) is 18.2 Å². The maximum atomic E-state index is 12.0. The van der Waals surface area contributed by atoms with Gasteiger partial charge in [-0.2, -0.15) is 0 Å². The molecule has 5 heteroatoms. The Morgan fingerprint density at radius 3 is 2.32 bits per heavy atom. The van der Waals surface area contributed by atoms with Gasteiger partial charge in [0.2, 0.25) is 5.91 Å². The monoisotopic (exact) mass is 337 g/mol. The highest BCUT2D eigenvalue weighted by Gasteiger charge is 2.05. The van der Waals surface area contributed by atoms with E-state index >= 15 is 0 Å². The Morgan fingerprint density at radius 1 is 1.09 bits per heavy atom. The predicted molar refractivity (Wildman–Crippen MR) is 91.0 cm³/mol. The number of carbonyl (C=O) groups excluding carboxylic acids is 1. The van der Waals surface area contributed by atoms with E-state index in [1.807, 2.05) is 31.2 Å². The Balaban J connectivity index is 1.87. The molecule has 0 aliphatic carbocycles. The summed E-state index contributed by atoms with van der Waals surface area (Å²) < 4.78 is 5.38. The third-order valence-electron chi connectivity index (χ3n) is 3.02. The lowest BCUT2D eigenvalue weighted by molar-refractivity contribution is -0.116. The minimum absolute atomic E-state index is 0.0766. The zero-order valence-electron chi connectivity index (χ0n) is 12.2. The summed E-state index contributed by atoms with van der Waals surface area (Å²) in [7, 11) is 0. The number of hydrogen-bond donors (Lipinski definition) is 1. The van der Waals surface area contributed by atoms with E-state index in [0.717, 1.165) is 11.3 Å². The smallest absolute Gasteiger partial charge is 0.224 e. The van der Waals surface area contributed by atoms with Crippen LogP contribution >= 0.6 is 23.2 Å². The number of carbonyl (C=O) groups is 1. The van der Waals surface area contributed by atoms with Crippen molar-refractivity contribution in [1.29, 1.82) is 0 Å². The zero-order chi connectivity index (χ0) is 15.9. The molecule has 0 unspecified atom stereocenters. The van der Waals surface area contributed by atoms with Crippen LogP contribution in [0.1, 0.15) is 18.9 Å². The highest BCUT2D eigenvalue weighted by molar-refractivity contribution is 6.35. The maximum absolute atomic E-state index is 12.0. The van der Waals surface area contributed by atoms with Crippen molar-refractivity contribution in [2.24, 2.45) is 0 Å². The number of halogens is 2. The third-order valence-corrected chi connectivity index (χ3v) is 3.46. The predicted octanol–water partition coefficient (Wildman–Crippen LogP) is 4.96. The van der Waals surface area contributed by atoms with E-state index in [9.17, 15) is 4.79 Å². The molecule has 0 saturated carbocycles. The van der Waals surface area contributed by atoms with E-state index in [4.69, 9.17) is 27.9 Å². The van der Waals surface area contributed by atoms with Crippen molar-refractivity contribution in [3.05, 3.63) is 58.1 Å². The van der Waals surface area contributed by atoms with Crippen LogP contribution in [0.5, 0.6) is 5.75 Å². The van der Waals surface area contributed by atoms with Gasteiger partial charge in [-0.3, -0.25) is 4.79 Å². The first-order chi connectivity index (χ1) is 10.6. The van der Waals surface area contributed by atoms with Crippen molar-refractivity contribution in [2.45, 2.75) is 19.8 Å². The lowest BCUT2D eigenvalue weighted by Crippen LogP contribution is -2.12. The molecule has 1 N–H and O–H groups in total. The van der Waals surface area contributed by atoms with Crippen LogP contribution in [-0.4, -0.2) is 12.5 Å². The molecule has 0 aliphatic heterocycles. The standard InChI is InChI=1S/C17H17Cl2NO2/c1-2-22-16-6-3-12(4-7-16)5-8-17(21)20-15-10-13(18)9-14(19)11-15/h3-4,6-7,9-11H,2,5,8H2,1H3,(H,20,21). The molecule has 0 atom stereocenters. The second-order valence-corrected chi connectivity index (χ2v) is 5.66. The molecule has 0 saturated heterocycles. The third kappa shape index (κ3) is 5.24. The summed E-state index contributed by atoms with van der Waals surface area (Å²) >= 11 is 11.8. The minimum atomic E-state index is -0.0766. The van der Waals surface area contributed by atoms with Crippen LogP contribution in [0.3, 0.4) is 0 Å². The molecule has 0 aromatic heterocycles. The average Bonchev–Trinajstić information content (AvgIpc) is 2.46. The number of ether oxygens (including phenoxy) is 1. The first-order valence-electron chi connectivity index (χ1n) is 7.04. The summed E-state index contributed by atoms with van der Waals surface area (Å²) in [6.07, 6.45) is 1.05. The topological polar surface area (TPSA) is 38.3 Å². The van der Waals surface area contributed by atoms with Crippen LogP contribution in [0.25, 0.3) is 0 Å². The molecule has 3 nitrogen and oxygen atoms in total. The van der Waals surface area contributed by atoms with E-state index in [1.165, 1.54) is 0 Å². The molecule has 116 valence electrons. The molecule has 0 fully saturated rings. The lowest BCUT2D eigenvalue weighted by Gasteiger charge is -2.07. The molecule has 0 aliphatic rings. The van der Waals surface area contributed by atoms with Gasteiger partial charge >= 0.3 is 0 Å². The van der Waals surface area contributed by atoms with Crippen LogP contribution in [0, 0.1) is 0 Å². The molecular weight excluding hydrogens is 321 g/mol. The number of rotatable bonds is 6. The zero-order valence-corrected chi connectivity index (χ0v) is 13.7. The van der Waals surface area contributed by atoms with Gasteiger partial charge in [0.05, 0.1) is 6.61 Å². The number of benzene rings is 2. The number of nitrogens with one attached hydrogen (secondary N) is 1. The quantitative estimate of drug-likeness (QED) is 0.808. The van der Waals surface area contributed by atoms with Gasteiger partial charge in [-0.1, -0.05) is 35.3 Å². The maximum Gasteiger partial charge on any atom is 0.224 e. The van der Waals surface area contributed by atoms with Gasteiger partial charge < -0.3 is 10.1 Å². The van der Waals surface area contributed by atoms with E-state index in [0.29, 0.717) is 35.2 Å². The average molecular weight is 338 g/mol. The largest absolute Gasteiger partial charge is 0.494 e. The van der Waals surface area contributed by atoms with Gasteiger partial charge in [-0.05, 0) is 49.2 Å². The molecule has 22 heavy (non-hydrogen) atoms. The van der Waals surface area contributed by atoms with Gasteiger partial charge in [0, 0.05) is 22.2 Å². The summed E-state index contributed by atoms with van der Waals surface area (Å²) in [4.78, 5) is 12.0. The Bertz CT molecular complexity index is 621. The van der Waals surface area contributed by atoms with Crippen molar-refractivity contribution >= 4 is 34.8 Å². The summed E-state index contributed by atoms with van der Waals surface area (Å²) in [5, 5.41) is 3.78. The van der Waals surface area contributed by atoms with Crippen LogP contribution in [0.4, 0.5) is 5.69 Å². The summed E-state index contributed by atoms with van der Waals surface area (Å²) in [5.41, 5.74) is 1.69. The number of aryl methyl sites for hydroxylation is 1. The van der Waals surface area contributed by atoms with Crippen molar-refractivity contribution in [1.82, 2.24) is 0 Å². The molecule has 2 aromatic rings. The van der Waals surface area contributed by atoms with Crippen LogP contribution in [0.2, 0.25) is 10.0 Å². The summed E-state index contributed by atoms with van der Waals surface area (Å²) in [6.45, 7) is 2.59. The molecular formula is C17H17Cl2NO2. The number of anilines is 1. The van der Waals surface area contributed by atoms with E-state index in [2.05, 4.69) is 5.32 Å². The van der Waals surface area contributed by atoms with Crippen molar-refractivity contribution in [2.75, 3.05) is 11.9 Å². The highest BCUT2D eigenvalue weighted by atomic mass is 35.5. The van der Waals surface area contributed by atoms with Crippen molar-refractivity contribution in [3.63, 3.8) is 0 Å². The fourth-order valence-electron chi connectivity index (χ4n) is 2.03. The van der Waals surface area contributed by atoms with Crippen LogP contribution in [0.15, 0.2) is 42.5 Å².